The second-order valence-electron chi connectivity index (χ2n) is 23.9. The molecule has 0 aromatic carbocycles. The minimum atomic E-state index is 0.361. The SMILES string of the molecule is CC(C)c1cc2ccnc(C(C)C)c2cn1.CC(C)c1cc2ccnc(C(C)C)c2nn1.CC(C)c1ccc2c(C(C)C)nccc2n1.CC(C)c1cnc2c(C(C)C)nccc2c1.CC(C)c1ncc2c(C(C)C)nccc2n1. The van der Waals surface area contributed by atoms with Crippen LogP contribution in [0.1, 0.15) is 255 Å². The van der Waals surface area contributed by atoms with E-state index in [4.69, 9.17) is 0 Å². The molecule has 12 heteroatoms. The van der Waals surface area contributed by atoms with Gasteiger partial charge in [-0.25, -0.2) is 9.97 Å². The number of hydrogen-bond acceptors (Lipinski definition) is 12. The fourth-order valence-electron chi connectivity index (χ4n) is 9.04. The van der Waals surface area contributed by atoms with Crippen LogP contribution in [0.25, 0.3) is 54.4 Å². The lowest BCUT2D eigenvalue weighted by Gasteiger charge is -2.10. The Morgan fingerprint density at radius 2 is 0.725 bits per heavy atom. The number of hydrogen-bond donors (Lipinski definition) is 0. The molecule has 0 unspecified atom stereocenters. The van der Waals surface area contributed by atoms with Gasteiger partial charge in [-0.15, -0.1) is 5.10 Å². The molecule has 420 valence electrons. The third-order valence-corrected chi connectivity index (χ3v) is 13.8. The minimum absolute atomic E-state index is 0.361. The molecule has 0 atom stereocenters. The lowest BCUT2D eigenvalue weighted by molar-refractivity contribution is 0.779. The molecule has 0 spiro atoms. The molecular weight excluding hydrogens is 985 g/mol. The van der Waals surface area contributed by atoms with E-state index in [-0.39, 0.29) is 0 Å². The molecule has 0 aliphatic rings. The zero-order chi connectivity index (χ0) is 58.5. The Bertz CT molecular complexity index is 3060. The molecule has 10 aromatic heterocycles. The molecule has 10 heterocycles. The van der Waals surface area contributed by atoms with Crippen LogP contribution in [-0.2, 0) is 0 Å². The van der Waals surface area contributed by atoms with Gasteiger partial charge < -0.3 is 0 Å². The first-order chi connectivity index (χ1) is 38.0. The van der Waals surface area contributed by atoms with Crippen LogP contribution < -0.4 is 0 Å². The molecule has 10 rings (SSSR count). The molecular formula is C68H88N12. The summed E-state index contributed by atoms with van der Waals surface area (Å²) in [4.78, 5) is 44.8. The Hall–Kier alpha value is -7.34. The van der Waals surface area contributed by atoms with Crippen LogP contribution in [-0.4, -0.2) is 60.0 Å². The fraction of sp³-hybridized carbons (Fsp3) is 0.441. The topological polar surface area (TPSA) is 155 Å². The van der Waals surface area contributed by atoms with Gasteiger partial charge in [0, 0.05) is 93.8 Å². The largest absolute Gasteiger partial charge is 0.260 e. The molecule has 0 saturated heterocycles. The van der Waals surface area contributed by atoms with E-state index in [0.717, 1.165) is 84.2 Å². The van der Waals surface area contributed by atoms with E-state index in [1.165, 1.54) is 27.1 Å². The van der Waals surface area contributed by atoms with Crippen LogP contribution >= 0.6 is 0 Å². The molecule has 0 aliphatic carbocycles. The Balaban J connectivity index is 0.000000161. The van der Waals surface area contributed by atoms with E-state index in [1.54, 1.807) is 0 Å². The van der Waals surface area contributed by atoms with Crippen molar-refractivity contribution in [2.75, 3.05) is 0 Å². The number of rotatable bonds is 10. The van der Waals surface area contributed by atoms with Crippen molar-refractivity contribution < 1.29 is 0 Å². The summed E-state index contributed by atoms with van der Waals surface area (Å²) in [7, 11) is 0. The van der Waals surface area contributed by atoms with Crippen LogP contribution in [0, 0.1) is 0 Å². The van der Waals surface area contributed by atoms with E-state index < -0.39 is 0 Å². The molecule has 0 amide bonds. The normalized spacial score (nSPS) is 11.6. The van der Waals surface area contributed by atoms with E-state index in [0.29, 0.717) is 59.2 Å². The van der Waals surface area contributed by atoms with Gasteiger partial charge in [-0.3, -0.25) is 39.9 Å². The third kappa shape index (κ3) is 15.7. The zero-order valence-corrected chi connectivity index (χ0v) is 51.5. The first-order valence-corrected chi connectivity index (χ1v) is 28.9. The summed E-state index contributed by atoms with van der Waals surface area (Å²) in [5.41, 5.74) is 14.1. The Labute approximate surface area is 477 Å². The van der Waals surface area contributed by atoms with Gasteiger partial charge >= 0.3 is 0 Å². The smallest absolute Gasteiger partial charge is 0.131 e. The maximum absolute atomic E-state index is 4.68. The Morgan fingerprint density at radius 3 is 1.25 bits per heavy atom. The average molecular weight is 1070 g/mol. The van der Waals surface area contributed by atoms with Gasteiger partial charge in [-0.2, -0.15) is 5.10 Å². The molecule has 0 aliphatic heterocycles. The third-order valence-electron chi connectivity index (χ3n) is 13.8. The van der Waals surface area contributed by atoms with Gasteiger partial charge in [-0.05, 0) is 125 Å². The van der Waals surface area contributed by atoms with Crippen molar-refractivity contribution in [2.24, 2.45) is 0 Å². The highest BCUT2D eigenvalue weighted by Crippen LogP contribution is 2.29. The van der Waals surface area contributed by atoms with E-state index in [1.807, 2.05) is 73.8 Å². The molecule has 0 radical (unpaired) electrons. The Morgan fingerprint density at radius 1 is 0.275 bits per heavy atom. The predicted molar refractivity (Wildman–Crippen MR) is 334 cm³/mol. The lowest BCUT2D eigenvalue weighted by atomic mass is 10.0. The molecule has 80 heavy (non-hydrogen) atoms. The maximum atomic E-state index is 4.68. The van der Waals surface area contributed by atoms with Crippen LogP contribution in [0.15, 0.2) is 110 Å². The van der Waals surface area contributed by atoms with Crippen molar-refractivity contribution in [3.8, 4) is 0 Å². The summed E-state index contributed by atoms with van der Waals surface area (Å²) < 4.78 is 0. The van der Waals surface area contributed by atoms with Gasteiger partial charge in [0.1, 0.15) is 11.3 Å². The molecule has 0 saturated carbocycles. The summed E-state index contributed by atoms with van der Waals surface area (Å²) in [5, 5.41) is 15.6. The molecule has 0 N–H and O–H groups in total. The lowest BCUT2D eigenvalue weighted by Crippen LogP contribution is -2.00. The van der Waals surface area contributed by atoms with E-state index in [9.17, 15) is 0 Å². The quantitative estimate of drug-likeness (QED) is 0.128. The highest BCUT2D eigenvalue weighted by Gasteiger charge is 2.15. The first kappa shape index (κ1) is 61.9. The second kappa shape index (κ2) is 28.2. The number of pyridine rings is 8. The minimum Gasteiger partial charge on any atom is -0.260 e. The van der Waals surface area contributed by atoms with Crippen LogP contribution in [0.5, 0.6) is 0 Å². The number of nitrogens with zero attached hydrogens (tertiary/aromatic N) is 12. The summed E-state index contributed by atoms with van der Waals surface area (Å²) in [5.74, 6) is 5.21. The average Bonchev–Trinajstić information content (AvgIpc) is 3.49. The maximum Gasteiger partial charge on any atom is 0.131 e. The van der Waals surface area contributed by atoms with Gasteiger partial charge in [0.2, 0.25) is 0 Å². The van der Waals surface area contributed by atoms with Crippen molar-refractivity contribution in [1.29, 1.82) is 0 Å². The van der Waals surface area contributed by atoms with Crippen molar-refractivity contribution in [3.63, 3.8) is 0 Å². The summed E-state index contributed by atoms with van der Waals surface area (Å²) in [6.07, 6.45) is 15.1. The highest BCUT2D eigenvalue weighted by molar-refractivity contribution is 5.85. The number of aromatic nitrogens is 12. The van der Waals surface area contributed by atoms with Crippen molar-refractivity contribution >= 4 is 54.4 Å². The van der Waals surface area contributed by atoms with Gasteiger partial charge in [0.15, 0.2) is 0 Å². The van der Waals surface area contributed by atoms with E-state index in [2.05, 4.69) is 235 Å². The second-order valence-corrected chi connectivity index (χ2v) is 23.9. The summed E-state index contributed by atoms with van der Waals surface area (Å²) in [6, 6.07) is 20.8. The molecule has 0 bridgehead atoms. The molecule has 12 nitrogen and oxygen atoms in total. The van der Waals surface area contributed by atoms with Crippen molar-refractivity contribution in [2.45, 2.75) is 198 Å². The van der Waals surface area contributed by atoms with Gasteiger partial charge in [-0.1, -0.05) is 138 Å². The van der Waals surface area contributed by atoms with Gasteiger partial charge in [0.25, 0.3) is 0 Å². The van der Waals surface area contributed by atoms with Crippen molar-refractivity contribution in [1.82, 2.24) is 60.0 Å². The van der Waals surface area contributed by atoms with E-state index >= 15 is 0 Å². The van der Waals surface area contributed by atoms with Crippen LogP contribution in [0.4, 0.5) is 0 Å². The monoisotopic (exact) mass is 1070 g/mol. The predicted octanol–water partition coefficient (Wildman–Crippen LogP) is 18.2. The van der Waals surface area contributed by atoms with Crippen LogP contribution in [0.3, 0.4) is 0 Å². The molecule has 0 fully saturated rings. The fourth-order valence-corrected chi connectivity index (χ4v) is 9.04. The standard InChI is InChI=1S/3C14H18N2.2C13H17N3/c1-9(2)13-7-11-5-6-15-14(10(3)4)12(11)8-16-13;1-9(2)12-7-11-5-6-15-13(10(3)4)14(11)16-8-12;1-9(2)12-6-5-11-13(16-12)7-8-15-14(11)10(3)4;1-8(2)12-10-7-15-13(9(3)4)16-11(10)5-6-14-12;1-8(2)11-7-10-5-6-14-12(9(3)4)13(10)16-15-11/h3*5-10H,1-4H3;2*5-9H,1-4H3. The van der Waals surface area contributed by atoms with Crippen molar-refractivity contribution in [3.05, 3.63) is 167 Å². The zero-order valence-electron chi connectivity index (χ0n) is 51.5. The van der Waals surface area contributed by atoms with Crippen LogP contribution in [0.2, 0.25) is 0 Å². The summed E-state index contributed by atoms with van der Waals surface area (Å²) >= 11 is 0. The molecule has 10 aromatic rings. The number of fused-ring (bicyclic) bond motifs is 5. The Kier molecular flexibility index (Phi) is 21.8. The summed E-state index contributed by atoms with van der Waals surface area (Å²) in [6.45, 7) is 43.0. The van der Waals surface area contributed by atoms with Gasteiger partial charge in [0.05, 0.1) is 50.7 Å². The first-order valence-electron chi connectivity index (χ1n) is 28.9. The highest BCUT2D eigenvalue weighted by atomic mass is 15.1.